The minimum atomic E-state index is 0.194. The van der Waals surface area contributed by atoms with E-state index in [-0.39, 0.29) is 5.41 Å². The van der Waals surface area contributed by atoms with Gasteiger partial charge < -0.3 is 10.5 Å². The second-order valence-corrected chi connectivity index (χ2v) is 5.97. The molecule has 0 radical (unpaired) electrons. The molecule has 3 heteroatoms. The van der Waals surface area contributed by atoms with E-state index in [2.05, 4.69) is 13.8 Å². The van der Waals surface area contributed by atoms with Crippen molar-refractivity contribution >= 4 is 11.6 Å². The van der Waals surface area contributed by atoms with Crippen LogP contribution in [0.15, 0.2) is 12.1 Å². The van der Waals surface area contributed by atoms with Crippen molar-refractivity contribution in [3.63, 3.8) is 0 Å². The predicted molar refractivity (Wildman–Crippen MR) is 71.8 cm³/mol. The largest absolute Gasteiger partial charge is 0.493 e. The third-order valence-corrected chi connectivity index (χ3v) is 3.53. The van der Waals surface area contributed by atoms with Crippen LogP contribution in [0.5, 0.6) is 5.75 Å². The van der Waals surface area contributed by atoms with Gasteiger partial charge in [0.25, 0.3) is 0 Å². The Hall–Kier alpha value is -0.730. The summed E-state index contributed by atoms with van der Waals surface area (Å²) in [6.07, 6.45) is 2.95. The SMILES string of the molecule is CC(C)(CCN)Cc1cc(Cl)cc2c1OCC2. The van der Waals surface area contributed by atoms with Crippen LogP contribution < -0.4 is 10.5 Å². The lowest BCUT2D eigenvalue weighted by molar-refractivity contribution is 0.320. The fourth-order valence-corrected chi connectivity index (χ4v) is 2.74. The molecule has 0 atom stereocenters. The first-order chi connectivity index (χ1) is 8.02. The first-order valence-corrected chi connectivity index (χ1v) is 6.54. The van der Waals surface area contributed by atoms with Crippen LogP contribution >= 0.6 is 11.6 Å². The number of ether oxygens (including phenoxy) is 1. The lowest BCUT2D eigenvalue weighted by Gasteiger charge is -2.25. The quantitative estimate of drug-likeness (QED) is 0.895. The van der Waals surface area contributed by atoms with Crippen molar-refractivity contribution in [1.82, 2.24) is 0 Å². The number of hydrogen-bond donors (Lipinski definition) is 1. The molecule has 1 aliphatic rings. The molecule has 2 rings (SSSR count). The zero-order valence-electron chi connectivity index (χ0n) is 10.6. The molecule has 0 saturated carbocycles. The summed E-state index contributed by atoms with van der Waals surface area (Å²) in [6, 6.07) is 4.05. The molecule has 0 bridgehead atoms. The molecular formula is C14H20ClNO. The smallest absolute Gasteiger partial charge is 0.125 e. The Labute approximate surface area is 108 Å². The fourth-order valence-electron chi connectivity index (χ4n) is 2.47. The number of hydrogen-bond acceptors (Lipinski definition) is 2. The first-order valence-electron chi connectivity index (χ1n) is 6.16. The summed E-state index contributed by atoms with van der Waals surface area (Å²) in [5.74, 6) is 1.06. The molecule has 0 unspecified atom stereocenters. The van der Waals surface area contributed by atoms with Crippen LogP contribution in [-0.2, 0) is 12.8 Å². The fraction of sp³-hybridized carbons (Fsp3) is 0.571. The van der Waals surface area contributed by atoms with E-state index < -0.39 is 0 Å². The summed E-state index contributed by atoms with van der Waals surface area (Å²) in [4.78, 5) is 0. The van der Waals surface area contributed by atoms with Crippen LogP contribution in [0.4, 0.5) is 0 Å². The normalized spacial score (nSPS) is 14.6. The highest BCUT2D eigenvalue weighted by atomic mass is 35.5. The third-order valence-electron chi connectivity index (χ3n) is 3.32. The van der Waals surface area contributed by atoms with Crippen LogP contribution in [-0.4, -0.2) is 13.2 Å². The highest BCUT2D eigenvalue weighted by Crippen LogP contribution is 2.37. The van der Waals surface area contributed by atoms with Gasteiger partial charge in [-0.25, -0.2) is 0 Å². The molecule has 1 aliphatic heterocycles. The third kappa shape index (κ3) is 2.93. The van der Waals surface area contributed by atoms with Gasteiger partial charge in [-0.05, 0) is 48.1 Å². The number of fused-ring (bicyclic) bond motifs is 1. The standard InChI is InChI=1S/C14H20ClNO/c1-14(2,4-5-16)9-11-8-12(15)7-10-3-6-17-13(10)11/h7-8H,3-6,9,16H2,1-2H3. The highest BCUT2D eigenvalue weighted by Gasteiger charge is 2.23. The molecule has 1 heterocycles. The molecule has 0 aromatic heterocycles. The summed E-state index contributed by atoms with van der Waals surface area (Å²) in [6.45, 7) is 5.97. The second kappa shape index (κ2) is 4.87. The maximum Gasteiger partial charge on any atom is 0.125 e. The monoisotopic (exact) mass is 253 g/mol. The Kier molecular flexibility index (Phi) is 3.64. The molecule has 2 nitrogen and oxygen atoms in total. The van der Waals surface area contributed by atoms with Gasteiger partial charge in [0, 0.05) is 11.4 Å². The van der Waals surface area contributed by atoms with Gasteiger partial charge in [-0.1, -0.05) is 25.4 Å². The molecular weight excluding hydrogens is 234 g/mol. The highest BCUT2D eigenvalue weighted by molar-refractivity contribution is 6.30. The Balaban J connectivity index is 2.27. The number of nitrogens with two attached hydrogens (primary N) is 1. The zero-order valence-corrected chi connectivity index (χ0v) is 11.3. The Morgan fingerprint density at radius 2 is 2.18 bits per heavy atom. The zero-order chi connectivity index (χ0) is 12.5. The molecule has 0 aliphatic carbocycles. The molecule has 1 aromatic carbocycles. The van der Waals surface area contributed by atoms with Gasteiger partial charge in [0.1, 0.15) is 5.75 Å². The van der Waals surface area contributed by atoms with Gasteiger partial charge in [0.2, 0.25) is 0 Å². The van der Waals surface area contributed by atoms with Gasteiger partial charge in [-0.15, -0.1) is 0 Å². The van der Waals surface area contributed by atoms with Crippen molar-refractivity contribution in [2.24, 2.45) is 11.1 Å². The topological polar surface area (TPSA) is 35.2 Å². The van der Waals surface area contributed by atoms with Gasteiger partial charge >= 0.3 is 0 Å². The lowest BCUT2D eigenvalue weighted by atomic mass is 9.82. The number of halogens is 1. The second-order valence-electron chi connectivity index (χ2n) is 5.53. The van der Waals surface area contributed by atoms with E-state index in [9.17, 15) is 0 Å². The summed E-state index contributed by atoms with van der Waals surface area (Å²) in [5.41, 5.74) is 8.32. The van der Waals surface area contributed by atoms with Crippen LogP contribution in [0.3, 0.4) is 0 Å². The molecule has 2 N–H and O–H groups in total. The van der Waals surface area contributed by atoms with Crippen LogP contribution in [0.2, 0.25) is 5.02 Å². The average Bonchev–Trinajstić information content (AvgIpc) is 2.64. The van der Waals surface area contributed by atoms with E-state index in [0.29, 0.717) is 0 Å². The molecule has 94 valence electrons. The molecule has 17 heavy (non-hydrogen) atoms. The Morgan fingerprint density at radius 3 is 2.88 bits per heavy atom. The van der Waals surface area contributed by atoms with Crippen LogP contribution in [0.25, 0.3) is 0 Å². The van der Waals surface area contributed by atoms with E-state index in [0.717, 1.165) is 43.2 Å². The predicted octanol–water partition coefficient (Wildman–Crippen LogP) is 3.19. The molecule has 0 amide bonds. The van der Waals surface area contributed by atoms with E-state index in [1.807, 2.05) is 12.1 Å². The average molecular weight is 254 g/mol. The molecule has 0 fully saturated rings. The van der Waals surface area contributed by atoms with Crippen LogP contribution in [0.1, 0.15) is 31.4 Å². The van der Waals surface area contributed by atoms with E-state index in [1.54, 1.807) is 0 Å². The van der Waals surface area contributed by atoms with Gasteiger partial charge in [0.15, 0.2) is 0 Å². The number of rotatable bonds is 4. The van der Waals surface area contributed by atoms with Crippen molar-refractivity contribution in [1.29, 1.82) is 0 Å². The van der Waals surface area contributed by atoms with Crippen molar-refractivity contribution in [2.75, 3.05) is 13.2 Å². The summed E-state index contributed by atoms with van der Waals surface area (Å²) in [7, 11) is 0. The summed E-state index contributed by atoms with van der Waals surface area (Å²) >= 11 is 6.15. The summed E-state index contributed by atoms with van der Waals surface area (Å²) < 4.78 is 5.72. The maximum absolute atomic E-state index is 6.15. The van der Waals surface area contributed by atoms with Crippen LogP contribution in [0, 0.1) is 5.41 Å². The van der Waals surface area contributed by atoms with Crippen molar-refractivity contribution < 1.29 is 4.74 Å². The molecule has 0 saturated heterocycles. The van der Waals surface area contributed by atoms with Gasteiger partial charge in [0.05, 0.1) is 6.61 Å². The van der Waals surface area contributed by atoms with Gasteiger partial charge in [-0.2, -0.15) is 0 Å². The Bertz CT molecular complexity index is 415. The lowest BCUT2D eigenvalue weighted by Crippen LogP contribution is -2.20. The Morgan fingerprint density at radius 1 is 1.41 bits per heavy atom. The first kappa shape index (κ1) is 12.7. The minimum Gasteiger partial charge on any atom is -0.493 e. The van der Waals surface area contributed by atoms with Crippen molar-refractivity contribution in [3.05, 3.63) is 28.3 Å². The van der Waals surface area contributed by atoms with E-state index >= 15 is 0 Å². The van der Waals surface area contributed by atoms with Crippen molar-refractivity contribution in [2.45, 2.75) is 33.1 Å². The molecule has 1 aromatic rings. The molecule has 0 spiro atoms. The minimum absolute atomic E-state index is 0.194. The summed E-state index contributed by atoms with van der Waals surface area (Å²) in [5, 5.41) is 0.813. The maximum atomic E-state index is 6.15. The van der Waals surface area contributed by atoms with Gasteiger partial charge in [-0.3, -0.25) is 0 Å². The number of benzene rings is 1. The van der Waals surface area contributed by atoms with Crippen molar-refractivity contribution in [3.8, 4) is 5.75 Å². The van der Waals surface area contributed by atoms with E-state index in [4.69, 9.17) is 22.1 Å². The van der Waals surface area contributed by atoms with E-state index in [1.165, 1.54) is 11.1 Å².